The van der Waals surface area contributed by atoms with Crippen molar-refractivity contribution >= 4 is 17.8 Å². The molecule has 2 aromatic heterocycles. The predicted molar refractivity (Wildman–Crippen MR) is 119 cm³/mol. The first-order chi connectivity index (χ1) is 15.7. The average Bonchev–Trinajstić information content (AvgIpc) is 2.85. The number of pyridine rings is 1. The van der Waals surface area contributed by atoms with Gasteiger partial charge in [-0.25, -0.2) is 9.78 Å². The van der Waals surface area contributed by atoms with Crippen molar-refractivity contribution in [3.8, 4) is 5.75 Å². The second kappa shape index (κ2) is 10.9. The largest absolute Gasteiger partial charge is 0.493 e. The van der Waals surface area contributed by atoms with Gasteiger partial charge in [-0.2, -0.15) is 0 Å². The maximum Gasteiger partial charge on any atom is 0.323 e. The predicted octanol–water partition coefficient (Wildman–Crippen LogP) is 3.21. The summed E-state index contributed by atoms with van der Waals surface area (Å²) in [6, 6.07) is 3.27. The van der Waals surface area contributed by atoms with Crippen LogP contribution >= 0.6 is 0 Å². The summed E-state index contributed by atoms with van der Waals surface area (Å²) >= 11 is 0. The monoisotopic (exact) mass is 438 g/mol. The molecule has 32 heavy (non-hydrogen) atoms. The second-order valence-electron chi connectivity index (χ2n) is 8.32. The number of piperazine rings is 1. The van der Waals surface area contributed by atoms with Crippen molar-refractivity contribution < 1.29 is 14.3 Å². The molecule has 4 rings (SSSR count). The number of ether oxygens (including phenoxy) is 1. The SMILES string of the molecule is O=C(Nc1cnccn1)N1CCN(C(=O)c2cc(OCCC3CCCCC3)ccn2)CC1. The summed E-state index contributed by atoms with van der Waals surface area (Å²) < 4.78 is 5.91. The molecule has 0 spiro atoms. The number of hydrogen-bond acceptors (Lipinski definition) is 6. The number of urea groups is 1. The fourth-order valence-electron chi connectivity index (χ4n) is 4.26. The first kappa shape index (κ1) is 22.0. The van der Waals surface area contributed by atoms with E-state index in [2.05, 4.69) is 20.3 Å². The van der Waals surface area contributed by atoms with Crippen molar-refractivity contribution in [2.75, 3.05) is 38.1 Å². The van der Waals surface area contributed by atoms with Crippen LogP contribution in [0.1, 0.15) is 49.0 Å². The molecule has 3 amide bonds. The quantitative estimate of drug-likeness (QED) is 0.743. The molecule has 170 valence electrons. The van der Waals surface area contributed by atoms with Gasteiger partial charge < -0.3 is 14.5 Å². The van der Waals surface area contributed by atoms with Gasteiger partial charge in [-0.1, -0.05) is 32.1 Å². The van der Waals surface area contributed by atoms with Crippen LogP contribution in [0.25, 0.3) is 0 Å². The number of anilines is 1. The van der Waals surface area contributed by atoms with E-state index in [9.17, 15) is 9.59 Å². The second-order valence-corrected chi connectivity index (χ2v) is 8.32. The highest BCUT2D eigenvalue weighted by molar-refractivity contribution is 5.93. The Balaban J connectivity index is 1.24. The fourth-order valence-corrected chi connectivity index (χ4v) is 4.26. The number of amides is 3. The molecule has 1 saturated carbocycles. The third kappa shape index (κ3) is 5.93. The van der Waals surface area contributed by atoms with Gasteiger partial charge in [0.25, 0.3) is 5.91 Å². The zero-order valence-electron chi connectivity index (χ0n) is 18.3. The van der Waals surface area contributed by atoms with Gasteiger partial charge in [0, 0.05) is 50.8 Å². The molecule has 9 heteroatoms. The number of nitrogens with one attached hydrogen (secondary N) is 1. The minimum absolute atomic E-state index is 0.142. The highest BCUT2D eigenvalue weighted by Gasteiger charge is 2.26. The smallest absolute Gasteiger partial charge is 0.323 e. The van der Waals surface area contributed by atoms with Crippen molar-refractivity contribution in [1.82, 2.24) is 24.8 Å². The van der Waals surface area contributed by atoms with Crippen molar-refractivity contribution in [2.24, 2.45) is 5.92 Å². The van der Waals surface area contributed by atoms with E-state index in [1.165, 1.54) is 44.5 Å². The van der Waals surface area contributed by atoms with Gasteiger partial charge in [-0.15, -0.1) is 0 Å². The first-order valence-electron chi connectivity index (χ1n) is 11.4. The summed E-state index contributed by atoms with van der Waals surface area (Å²) in [5.74, 6) is 1.70. The molecule has 1 aliphatic carbocycles. The average molecular weight is 439 g/mol. The molecule has 2 fully saturated rings. The molecule has 0 bridgehead atoms. The first-order valence-corrected chi connectivity index (χ1v) is 11.4. The minimum atomic E-state index is -0.246. The number of carbonyl (C=O) groups excluding carboxylic acids is 2. The lowest BCUT2D eigenvalue weighted by Crippen LogP contribution is -2.51. The van der Waals surface area contributed by atoms with E-state index < -0.39 is 0 Å². The molecule has 0 radical (unpaired) electrons. The zero-order chi connectivity index (χ0) is 22.2. The number of hydrogen-bond donors (Lipinski definition) is 1. The normalized spacial score (nSPS) is 17.1. The summed E-state index contributed by atoms with van der Waals surface area (Å²) in [7, 11) is 0. The third-order valence-corrected chi connectivity index (χ3v) is 6.12. The Hall–Kier alpha value is -3.23. The summed E-state index contributed by atoms with van der Waals surface area (Å²) in [5, 5.41) is 2.72. The number of rotatable bonds is 6. The molecule has 2 aromatic rings. The summed E-state index contributed by atoms with van der Waals surface area (Å²) in [4.78, 5) is 40.9. The van der Waals surface area contributed by atoms with Crippen LogP contribution in [0.2, 0.25) is 0 Å². The van der Waals surface area contributed by atoms with Crippen LogP contribution in [-0.2, 0) is 0 Å². The molecule has 0 aromatic carbocycles. The topological polar surface area (TPSA) is 101 Å². The van der Waals surface area contributed by atoms with Crippen LogP contribution in [0.15, 0.2) is 36.9 Å². The van der Waals surface area contributed by atoms with E-state index >= 15 is 0 Å². The van der Waals surface area contributed by atoms with Gasteiger partial charge in [0.15, 0.2) is 5.82 Å². The summed E-state index contributed by atoms with van der Waals surface area (Å²) in [6.07, 6.45) is 13.8. The number of carbonyl (C=O) groups is 2. The Bertz CT molecular complexity index is 896. The molecule has 1 saturated heterocycles. The van der Waals surface area contributed by atoms with Crippen molar-refractivity contribution in [1.29, 1.82) is 0 Å². The van der Waals surface area contributed by atoms with Gasteiger partial charge in [-0.3, -0.25) is 20.1 Å². The fraction of sp³-hybridized carbons (Fsp3) is 0.522. The van der Waals surface area contributed by atoms with E-state index in [0.717, 1.165) is 12.3 Å². The number of nitrogens with zero attached hydrogens (tertiary/aromatic N) is 5. The van der Waals surface area contributed by atoms with Crippen molar-refractivity contribution in [3.05, 3.63) is 42.6 Å². The molecule has 1 aliphatic heterocycles. The lowest BCUT2D eigenvalue weighted by Gasteiger charge is -2.34. The van der Waals surface area contributed by atoms with Gasteiger partial charge in [-0.05, 0) is 18.4 Å². The van der Waals surface area contributed by atoms with Gasteiger partial charge in [0.2, 0.25) is 0 Å². The van der Waals surface area contributed by atoms with Crippen LogP contribution in [0, 0.1) is 5.92 Å². The Kier molecular flexibility index (Phi) is 7.47. The van der Waals surface area contributed by atoms with E-state index in [0.29, 0.717) is 50.0 Å². The number of aromatic nitrogens is 3. The molecule has 0 unspecified atom stereocenters. The molecule has 3 heterocycles. The van der Waals surface area contributed by atoms with Crippen LogP contribution in [0.3, 0.4) is 0 Å². The Labute approximate surface area is 188 Å². The molecule has 1 N–H and O–H groups in total. The van der Waals surface area contributed by atoms with Crippen LogP contribution in [0.4, 0.5) is 10.6 Å². The highest BCUT2D eigenvalue weighted by atomic mass is 16.5. The standard InChI is InChI=1S/C23H30N6O3/c30-22(20-16-19(6-8-25-20)32-15-7-18-4-2-1-3-5-18)28-11-13-29(14-12-28)23(31)27-21-17-24-9-10-26-21/h6,8-10,16-18H,1-5,7,11-15H2,(H,26,27,31). The molecular weight excluding hydrogens is 408 g/mol. The molecular formula is C23H30N6O3. The molecule has 9 nitrogen and oxygen atoms in total. The van der Waals surface area contributed by atoms with Crippen LogP contribution in [-0.4, -0.2) is 69.5 Å². The minimum Gasteiger partial charge on any atom is -0.493 e. The van der Waals surface area contributed by atoms with Gasteiger partial charge in [0.1, 0.15) is 11.4 Å². The maximum atomic E-state index is 12.9. The van der Waals surface area contributed by atoms with E-state index in [-0.39, 0.29) is 11.9 Å². The van der Waals surface area contributed by atoms with E-state index in [1.54, 1.807) is 34.3 Å². The summed E-state index contributed by atoms with van der Waals surface area (Å²) in [6.45, 7) is 2.44. The maximum absolute atomic E-state index is 12.9. The third-order valence-electron chi connectivity index (χ3n) is 6.12. The van der Waals surface area contributed by atoms with Crippen molar-refractivity contribution in [2.45, 2.75) is 38.5 Å². The van der Waals surface area contributed by atoms with Gasteiger partial charge in [0.05, 0.1) is 12.8 Å². The Morgan fingerprint density at radius 1 is 1.00 bits per heavy atom. The van der Waals surface area contributed by atoms with Crippen LogP contribution < -0.4 is 10.1 Å². The lowest BCUT2D eigenvalue weighted by atomic mass is 9.87. The highest BCUT2D eigenvalue weighted by Crippen LogP contribution is 2.26. The Morgan fingerprint density at radius 2 is 1.78 bits per heavy atom. The van der Waals surface area contributed by atoms with E-state index in [1.807, 2.05) is 0 Å². The van der Waals surface area contributed by atoms with E-state index in [4.69, 9.17) is 4.74 Å². The van der Waals surface area contributed by atoms with Crippen LogP contribution in [0.5, 0.6) is 5.75 Å². The van der Waals surface area contributed by atoms with Gasteiger partial charge >= 0.3 is 6.03 Å². The van der Waals surface area contributed by atoms with Crippen molar-refractivity contribution in [3.63, 3.8) is 0 Å². The lowest BCUT2D eigenvalue weighted by molar-refractivity contribution is 0.0665. The zero-order valence-corrected chi connectivity index (χ0v) is 18.3. The summed E-state index contributed by atoms with van der Waals surface area (Å²) in [5.41, 5.74) is 0.373. The molecule has 0 atom stereocenters. The molecule has 2 aliphatic rings. The Morgan fingerprint density at radius 3 is 2.53 bits per heavy atom.